The largest absolute Gasteiger partial charge is 0.497 e. The third-order valence-electron chi connectivity index (χ3n) is 2.08. The normalized spacial score (nSPS) is 10.1. The van der Waals surface area contributed by atoms with Crippen molar-refractivity contribution >= 4 is 5.82 Å². The summed E-state index contributed by atoms with van der Waals surface area (Å²) in [6.07, 6.45) is 1.53. The van der Waals surface area contributed by atoms with E-state index in [1.807, 2.05) is 0 Å². The van der Waals surface area contributed by atoms with Gasteiger partial charge in [-0.3, -0.25) is 0 Å². The summed E-state index contributed by atoms with van der Waals surface area (Å²) in [5.41, 5.74) is 0.715. The molecule has 0 atom stereocenters. The van der Waals surface area contributed by atoms with Gasteiger partial charge in [0.2, 0.25) is 0 Å². The lowest BCUT2D eigenvalue weighted by Gasteiger charge is -2.00. The number of methoxy groups -OCH3 is 1. The van der Waals surface area contributed by atoms with Gasteiger partial charge in [-0.15, -0.1) is 4.68 Å². The zero-order valence-corrected chi connectivity index (χ0v) is 8.53. The first-order valence-corrected chi connectivity index (χ1v) is 4.55. The lowest BCUT2D eigenvalue weighted by atomic mass is 10.3. The monoisotopic (exact) mass is 219 g/mol. The summed E-state index contributed by atoms with van der Waals surface area (Å²) < 4.78 is 6.49. The summed E-state index contributed by atoms with van der Waals surface area (Å²) in [4.78, 5) is 9.94. The maximum absolute atomic E-state index is 10.5. The Hall–Kier alpha value is -2.37. The molecule has 0 amide bonds. The number of hydrogen-bond donors (Lipinski definition) is 0. The zero-order chi connectivity index (χ0) is 11.5. The van der Waals surface area contributed by atoms with Crippen molar-refractivity contribution in [1.82, 2.24) is 9.78 Å². The van der Waals surface area contributed by atoms with Gasteiger partial charge in [-0.2, -0.15) is 0 Å². The molecule has 2 aromatic rings. The van der Waals surface area contributed by atoms with Crippen molar-refractivity contribution in [3.05, 3.63) is 46.6 Å². The molecule has 82 valence electrons. The van der Waals surface area contributed by atoms with Gasteiger partial charge in [0.05, 0.1) is 30.2 Å². The SMILES string of the molecule is COc1cccc(-n2ccc([N+](=O)[O-])n2)c1. The molecular weight excluding hydrogens is 210 g/mol. The molecule has 2 rings (SSSR count). The molecule has 0 aliphatic rings. The number of hydrogen-bond acceptors (Lipinski definition) is 4. The van der Waals surface area contributed by atoms with Gasteiger partial charge in [0, 0.05) is 6.07 Å². The van der Waals surface area contributed by atoms with Crippen LogP contribution in [0, 0.1) is 10.1 Å². The Balaban J connectivity index is 2.38. The molecule has 1 aromatic heterocycles. The summed E-state index contributed by atoms with van der Waals surface area (Å²) in [6.45, 7) is 0. The van der Waals surface area contributed by atoms with Crippen LogP contribution >= 0.6 is 0 Å². The van der Waals surface area contributed by atoms with E-state index in [2.05, 4.69) is 5.10 Å². The maximum Gasteiger partial charge on any atom is 0.390 e. The Morgan fingerprint density at radius 2 is 2.25 bits per heavy atom. The molecule has 6 heteroatoms. The van der Waals surface area contributed by atoms with Crippen LogP contribution in [-0.2, 0) is 0 Å². The van der Waals surface area contributed by atoms with E-state index in [9.17, 15) is 10.1 Å². The molecule has 0 bridgehead atoms. The van der Waals surface area contributed by atoms with Crippen LogP contribution < -0.4 is 4.74 Å². The Kier molecular flexibility index (Phi) is 2.55. The van der Waals surface area contributed by atoms with Crippen molar-refractivity contribution in [1.29, 1.82) is 0 Å². The second-order valence-corrected chi connectivity index (χ2v) is 3.08. The topological polar surface area (TPSA) is 70.2 Å². The van der Waals surface area contributed by atoms with Gasteiger partial charge < -0.3 is 14.9 Å². The quantitative estimate of drug-likeness (QED) is 0.582. The lowest BCUT2D eigenvalue weighted by Crippen LogP contribution is -1.97. The van der Waals surface area contributed by atoms with Crippen LogP contribution in [0.4, 0.5) is 5.82 Å². The minimum absolute atomic E-state index is 0.178. The first-order chi connectivity index (χ1) is 7.70. The molecule has 0 saturated carbocycles. The van der Waals surface area contributed by atoms with E-state index >= 15 is 0 Å². The molecule has 0 N–H and O–H groups in total. The average molecular weight is 219 g/mol. The molecule has 6 nitrogen and oxygen atoms in total. The summed E-state index contributed by atoms with van der Waals surface area (Å²) in [6, 6.07) is 8.47. The predicted octanol–water partition coefficient (Wildman–Crippen LogP) is 1.79. The highest BCUT2D eigenvalue weighted by Crippen LogP contribution is 2.17. The number of ether oxygens (including phenoxy) is 1. The lowest BCUT2D eigenvalue weighted by molar-refractivity contribution is -0.389. The Labute approximate surface area is 91.2 Å². The summed E-state index contributed by atoms with van der Waals surface area (Å²) in [5.74, 6) is 0.499. The highest BCUT2D eigenvalue weighted by atomic mass is 16.6. The second-order valence-electron chi connectivity index (χ2n) is 3.08. The first-order valence-electron chi connectivity index (χ1n) is 4.55. The van der Waals surface area contributed by atoms with Crippen LogP contribution in [0.15, 0.2) is 36.5 Å². The average Bonchev–Trinajstić information content (AvgIpc) is 2.78. The fourth-order valence-electron chi connectivity index (χ4n) is 1.31. The molecule has 0 aliphatic carbocycles. The van der Waals surface area contributed by atoms with E-state index in [0.29, 0.717) is 11.4 Å². The maximum atomic E-state index is 10.5. The molecule has 1 heterocycles. The Morgan fingerprint density at radius 3 is 2.88 bits per heavy atom. The molecule has 0 radical (unpaired) electrons. The van der Waals surface area contributed by atoms with Crippen LogP contribution in [0.2, 0.25) is 0 Å². The third-order valence-corrected chi connectivity index (χ3v) is 2.08. The van der Waals surface area contributed by atoms with Gasteiger partial charge in [-0.25, -0.2) is 0 Å². The Bertz CT molecular complexity index is 522. The molecule has 0 aliphatic heterocycles. The molecule has 0 saturated heterocycles. The van der Waals surface area contributed by atoms with Gasteiger partial charge >= 0.3 is 5.82 Å². The fourth-order valence-corrected chi connectivity index (χ4v) is 1.31. The van der Waals surface area contributed by atoms with Crippen LogP contribution in [-0.4, -0.2) is 21.8 Å². The van der Waals surface area contributed by atoms with E-state index in [1.165, 1.54) is 16.9 Å². The smallest absolute Gasteiger partial charge is 0.390 e. The summed E-state index contributed by atoms with van der Waals surface area (Å²) >= 11 is 0. The van der Waals surface area contributed by atoms with Crippen LogP contribution in [0.25, 0.3) is 5.69 Å². The molecule has 0 unspecified atom stereocenters. The summed E-state index contributed by atoms with van der Waals surface area (Å²) in [5, 5.41) is 14.3. The van der Waals surface area contributed by atoms with E-state index in [0.717, 1.165) is 0 Å². The molecular formula is C10H9N3O3. The highest BCUT2D eigenvalue weighted by Gasteiger charge is 2.12. The Morgan fingerprint density at radius 1 is 1.44 bits per heavy atom. The van der Waals surface area contributed by atoms with Crippen molar-refractivity contribution in [2.45, 2.75) is 0 Å². The second kappa shape index (κ2) is 4.01. The predicted molar refractivity (Wildman–Crippen MR) is 56.8 cm³/mol. The molecule has 0 spiro atoms. The van der Waals surface area contributed by atoms with Gasteiger partial charge in [0.15, 0.2) is 0 Å². The van der Waals surface area contributed by atoms with Crippen molar-refractivity contribution in [3.63, 3.8) is 0 Å². The summed E-state index contributed by atoms with van der Waals surface area (Å²) in [7, 11) is 1.56. The van der Waals surface area contributed by atoms with Gasteiger partial charge in [-0.05, 0) is 17.1 Å². The zero-order valence-electron chi connectivity index (χ0n) is 8.53. The van der Waals surface area contributed by atoms with E-state index < -0.39 is 4.92 Å². The number of aromatic nitrogens is 2. The molecule has 1 aromatic carbocycles. The van der Waals surface area contributed by atoms with Crippen LogP contribution in [0.5, 0.6) is 5.75 Å². The standard InChI is InChI=1S/C10H9N3O3/c1-16-9-4-2-3-8(7-9)12-6-5-10(11-12)13(14)15/h2-7H,1H3. The highest BCUT2D eigenvalue weighted by molar-refractivity contribution is 5.39. The van der Waals surface area contributed by atoms with Gasteiger partial charge in [-0.1, -0.05) is 6.07 Å². The van der Waals surface area contributed by atoms with Gasteiger partial charge in [0.1, 0.15) is 5.75 Å². The van der Waals surface area contributed by atoms with Crippen molar-refractivity contribution in [2.75, 3.05) is 7.11 Å². The number of nitro groups is 1. The first kappa shape index (κ1) is 10.2. The minimum Gasteiger partial charge on any atom is -0.497 e. The molecule has 16 heavy (non-hydrogen) atoms. The van der Waals surface area contributed by atoms with Crippen molar-refractivity contribution in [3.8, 4) is 11.4 Å². The number of benzene rings is 1. The van der Waals surface area contributed by atoms with Gasteiger partial charge in [0.25, 0.3) is 0 Å². The molecule has 0 fully saturated rings. The third kappa shape index (κ3) is 1.85. The minimum atomic E-state index is -0.531. The van der Waals surface area contributed by atoms with Crippen LogP contribution in [0.3, 0.4) is 0 Å². The van der Waals surface area contributed by atoms with Crippen LogP contribution in [0.1, 0.15) is 0 Å². The van der Waals surface area contributed by atoms with E-state index in [-0.39, 0.29) is 5.82 Å². The van der Waals surface area contributed by atoms with Crippen molar-refractivity contribution in [2.24, 2.45) is 0 Å². The number of rotatable bonds is 3. The van der Waals surface area contributed by atoms with Crippen molar-refractivity contribution < 1.29 is 9.66 Å². The fraction of sp³-hybridized carbons (Fsp3) is 0.100. The number of nitrogens with zero attached hydrogens (tertiary/aromatic N) is 3. The van der Waals surface area contributed by atoms with E-state index in [1.54, 1.807) is 31.4 Å². The van der Waals surface area contributed by atoms with E-state index in [4.69, 9.17) is 4.74 Å².